The van der Waals surface area contributed by atoms with Crippen molar-refractivity contribution in [2.45, 2.75) is 61.0 Å². The van der Waals surface area contributed by atoms with E-state index in [0.717, 1.165) is 0 Å². The zero-order valence-electron chi connectivity index (χ0n) is 14.4. The number of methoxy groups -OCH3 is 1. The molecule has 2 fully saturated rings. The number of ether oxygens (including phenoxy) is 4. The summed E-state index contributed by atoms with van der Waals surface area (Å²) >= 11 is 0. The molecular weight excluding hydrogens is 356 g/mol. The van der Waals surface area contributed by atoms with Crippen LogP contribution in [0.1, 0.15) is 0 Å². The summed E-state index contributed by atoms with van der Waals surface area (Å²) in [6, 6.07) is 0. The normalized spacial score (nSPS) is 47.1. The molecular formula is C15H28O11. The average Bonchev–Trinajstić information content (AvgIpc) is 2.64. The van der Waals surface area contributed by atoms with Crippen LogP contribution in [0.2, 0.25) is 0 Å². The second-order valence-electron chi connectivity index (χ2n) is 6.50. The molecule has 0 aromatic rings. The van der Waals surface area contributed by atoms with Gasteiger partial charge >= 0.3 is 0 Å². The zero-order valence-corrected chi connectivity index (χ0v) is 14.4. The van der Waals surface area contributed by atoms with Crippen molar-refractivity contribution in [1.29, 1.82) is 0 Å². The van der Waals surface area contributed by atoms with Crippen molar-refractivity contribution in [3.8, 4) is 0 Å². The Hall–Kier alpha value is -0.440. The van der Waals surface area contributed by atoms with Crippen LogP contribution in [0.5, 0.6) is 0 Å². The van der Waals surface area contributed by atoms with Gasteiger partial charge in [-0.15, -0.1) is 0 Å². The lowest BCUT2D eigenvalue weighted by atomic mass is 9.94. The van der Waals surface area contributed by atoms with Crippen LogP contribution in [0.25, 0.3) is 0 Å². The third-order valence-electron chi connectivity index (χ3n) is 4.74. The highest BCUT2D eigenvalue weighted by Gasteiger charge is 2.47. The standard InChI is InChI=1S/C15H28O11/c1-23-4-8-12(20)14(22)15(7(3-17)26-8)24-5-9-11(19)13(21)10(18)6(2-16)25-9/h6-22H,2-5H2,1H3. The fourth-order valence-corrected chi connectivity index (χ4v) is 3.19. The van der Waals surface area contributed by atoms with Gasteiger partial charge in [-0.25, -0.2) is 0 Å². The van der Waals surface area contributed by atoms with Crippen molar-refractivity contribution in [3.63, 3.8) is 0 Å². The van der Waals surface area contributed by atoms with Gasteiger partial charge in [0.25, 0.3) is 0 Å². The first-order valence-corrected chi connectivity index (χ1v) is 8.39. The maximum Gasteiger partial charge on any atom is 0.114 e. The third-order valence-corrected chi connectivity index (χ3v) is 4.74. The highest BCUT2D eigenvalue weighted by atomic mass is 16.6. The largest absolute Gasteiger partial charge is 0.394 e. The van der Waals surface area contributed by atoms with E-state index in [1.54, 1.807) is 0 Å². The minimum absolute atomic E-state index is 0.00809. The summed E-state index contributed by atoms with van der Waals surface area (Å²) < 4.78 is 21.2. The molecule has 7 N–H and O–H groups in total. The summed E-state index contributed by atoms with van der Waals surface area (Å²) in [6.45, 7) is -1.41. The van der Waals surface area contributed by atoms with Crippen LogP contribution in [0.15, 0.2) is 0 Å². The van der Waals surface area contributed by atoms with Crippen molar-refractivity contribution in [3.05, 3.63) is 0 Å². The van der Waals surface area contributed by atoms with Crippen molar-refractivity contribution >= 4 is 0 Å². The second-order valence-corrected chi connectivity index (χ2v) is 6.50. The topological polar surface area (TPSA) is 179 Å². The molecule has 0 aromatic heterocycles. The highest BCUT2D eigenvalue weighted by molar-refractivity contribution is 4.95. The minimum Gasteiger partial charge on any atom is -0.394 e. The van der Waals surface area contributed by atoms with E-state index in [1.165, 1.54) is 7.11 Å². The Morgan fingerprint density at radius 3 is 1.73 bits per heavy atom. The van der Waals surface area contributed by atoms with Gasteiger partial charge in [-0.1, -0.05) is 0 Å². The number of hydrogen-bond donors (Lipinski definition) is 7. The number of hydrogen-bond acceptors (Lipinski definition) is 11. The second kappa shape index (κ2) is 9.66. The minimum atomic E-state index is -1.55. The molecule has 0 radical (unpaired) electrons. The van der Waals surface area contributed by atoms with Crippen molar-refractivity contribution in [2.24, 2.45) is 0 Å². The zero-order chi connectivity index (χ0) is 19.4. The Kier molecular flexibility index (Phi) is 8.12. The molecule has 10 unspecified atom stereocenters. The molecule has 2 aliphatic rings. The maximum atomic E-state index is 10.3. The van der Waals surface area contributed by atoms with Gasteiger partial charge < -0.3 is 54.7 Å². The van der Waals surface area contributed by atoms with E-state index in [2.05, 4.69) is 0 Å². The van der Waals surface area contributed by atoms with Crippen LogP contribution in [-0.2, 0) is 18.9 Å². The number of aliphatic hydroxyl groups is 7. The van der Waals surface area contributed by atoms with E-state index in [9.17, 15) is 35.7 Å². The SMILES string of the molecule is COCC1OC(CO)C(OCC2OC(CO)C(O)C(O)C2O)C(O)C1O. The van der Waals surface area contributed by atoms with Crippen LogP contribution in [0.3, 0.4) is 0 Å². The summed E-state index contributed by atoms with van der Waals surface area (Å²) in [5.41, 5.74) is 0. The predicted molar refractivity (Wildman–Crippen MR) is 83.1 cm³/mol. The van der Waals surface area contributed by atoms with Gasteiger partial charge in [-0.3, -0.25) is 0 Å². The fourth-order valence-electron chi connectivity index (χ4n) is 3.19. The van der Waals surface area contributed by atoms with Crippen LogP contribution in [0, 0.1) is 0 Å². The average molecular weight is 384 g/mol. The molecule has 11 nitrogen and oxygen atoms in total. The molecule has 0 spiro atoms. The molecule has 11 heteroatoms. The van der Waals surface area contributed by atoms with Gasteiger partial charge in [0.15, 0.2) is 0 Å². The van der Waals surface area contributed by atoms with Crippen molar-refractivity contribution in [1.82, 2.24) is 0 Å². The van der Waals surface area contributed by atoms with Crippen LogP contribution in [-0.4, -0.2) is 130 Å². The molecule has 0 aliphatic carbocycles. The monoisotopic (exact) mass is 384 g/mol. The first kappa shape index (κ1) is 21.9. The third kappa shape index (κ3) is 4.51. The Morgan fingerprint density at radius 1 is 0.654 bits per heavy atom. The molecule has 0 saturated carbocycles. The molecule has 10 atom stereocenters. The molecule has 0 aromatic carbocycles. The van der Waals surface area contributed by atoms with Crippen molar-refractivity contribution in [2.75, 3.05) is 33.5 Å². The molecule has 0 amide bonds. The van der Waals surface area contributed by atoms with Gasteiger partial charge in [0.2, 0.25) is 0 Å². The molecule has 2 saturated heterocycles. The van der Waals surface area contributed by atoms with E-state index < -0.39 is 74.3 Å². The quantitative estimate of drug-likeness (QED) is 0.224. The highest BCUT2D eigenvalue weighted by Crippen LogP contribution is 2.26. The summed E-state index contributed by atoms with van der Waals surface area (Å²) in [5.74, 6) is 0. The predicted octanol–water partition coefficient (Wildman–Crippen LogP) is -4.66. The Balaban J connectivity index is 2.00. The maximum absolute atomic E-state index is 10.3. The Bertz CT molecular complexity index is 420. The van der Waals surface area contributed by atoms with Crippen LogP contribution in [0.4, 0.5) is 0 Å². The van der Waals surface area contributed by atoms with E-state index >= 15 is 0 Å². The lowest BCUT2D eigenvalue weighted by Crippen LogP contribution is -2.62. The van der Waals surface area contributed by atoms with Gasteiger partial charge in [0.05, 0.1) is 26.4 Å². The first-order valence-electron chi connectivity index (χ1n) is 8.39. The molecule has 2 aliphatic heterocycles. The lowest BCUT2D eigenvalue weighted by Gasteiger charge is -2.44. The lowest BCUT2D eigenvalue weighted by molar-refractivity contribution is -0.273. The van der Waals surface area contributed by atoms with Crippen molar-refractivity contribution < 1.29 is 54.7 Å². The molecule has 2 heterocycles. The molecule has 26 heavy (non-hydrogen) atoms. The smallest absolute Gasteiger partial charge is 0.114 e. The first-order chi connectivity index (χ1) is 12.3. The van der Waals surface area contributed by atoms with Gasteiger partial charge in [-0.05, 0) is 0 Å². The van der Waals surface area contributed by atoms with Gasteiger partial charge in [0.1, 0.15) is 61.0 Å². The summed E-state index contributed by atoms with van der Waals surface area (Å²) in [5, 5.41) is 68.5. The van der Waals surface area contributed by atoms with Gasteiger partial charge in [-0.2, -0.15) is 0 Å². The Morgan fingerprint density at radius 2 is 1.15 bits per heavy atom. The number of aliphatic hydroxyl groups excluding tert-OH is 7. The summed E-state index contributed by atoms with van der Waals surface area (Å²) in [4.78, 5) is 0. The summed E-state index contributed by atoms with van der Waals surface area (Å²) in [6.07, 6.45) is -12.4. The van der Waals surface area contributed by atoms with Gasteiger partial charge in [0, 0.05) is 7.11 Å². The summed E-state index contributed by atoms with van der Waals surface area (Å²) in [7, 11) is 1.40. The van der Waals surface area contributed by atoms with E-state index in [-0.39, 0.29) is 13.2 Å². The molecule has 0 bridgehead atoms. The molecule has 154 valence electrons. The Labute approximate surface area is 150 Å². The number of rotatable bonds is 7. The van der Waals surface area contributed by atoms with E-state index in [1.807, 2.05) is 0 Å². The van der Waals surface area contributed by atoms with E-state index in [0.29, 0.717) is 0 Å². The fraction of sp³-hybridized carbons (Fsp3) is 1.00. The van der Waals surface area contributed by atoms with Crippen LogP contribution < -0.4 is 0 Å². The van der Waals surface area contributed by atoms with E-state index in [4.69, 9.17) is 18.9 Å². The molecule has 2 rings (SSSR count). The van der Waals surface area contributed by atoms with Crippen LogP contribution >= 0.6 is 0 Å².